The van der Waals surface area contributed by atoms with Gasteiger partial charge in [0.15, 0.2) is 6.29 Å². The van der Waals surface area contributed by atoms with E-state index in [0.29, 0.717) is 13.2 Å². The predicted molar refractivity (Wildman–Crippen MR) is 61.5 cm³/mol. The number of aliphatic carboxylic acids is 1. The van der Waals surface area contributed by atoms with Gasteiger partial charge in [-0.05, 0) is 6.42 Å². The van der Waals surface area contributed by atoms with E-state index in [1.54, 1.807) is 0 Å². The van der Waals surface area contributed by atoms with Crippen LogP contribution in [0.5, 0.6) is 0 Å². The zero-order valence-corrected chi connectivity index (χ0v) is 10.7. The number of carboxylic acid groups (broad SMARTS) is 1. The number of hydrogen-bond donors (Lipinski definition) is 2. The van der Waals surface area contributed by atoms with Gasteiger partial charge in [0, 0.05) is 10.8 Å². The maximum absolute atomic E-state index is 10.7. The van der Waals surface area contributed by atoms with E-state index in [1.807, 2.05) is 20.8 Å². The third-order valence-electron chi connectivity index (χ3n) is 3.41. The lowest BCUT2D eigenvalue weighted by atomic mass is 9.84. The Morgan fingerprint density at radius 2 is 1.94 bits per heavy atom. The molecule has 0 aromatic rings. The van der Waals surface area contributed by atoms with Crippen LogP contribution in [0.2, 0.25) is 0 Å². The van der Waals surface area contributed by atoms with Crippen molar-refractivity contribution in [2.45, 2.75) is 39.9 Å². The van der Waals surface area contributed by atoms with Crippen LogP contribution in [0.25, 0.3) is 0 Å². The highest BCUT2D eigenvalue weighted by molar-refractivity contribution is 5.67. The van der Waals surface area contributed by atoms with E-state index in [-0.39, 0.29) is 18.4 Å². The average molecular weight is 246 g/mol. The highest BCUT2D eigenvalue weighted by atomic mass is 16.7. The molecule has 0 amide bonds. The summed E-state index contributed by atoms with van der Waals surface area (Å²) in [6.07, 6.45) is 0.246. The molecule has 1 saturated heterocycles. The monoisotopic (exact) mass is 246 g/mol. The van der Waals surface area contributed by atoms with Gasteiger partial charge in [0.1, 0.15) is 0 Å². The first-order chi connectivity index (χ1) is 7.85. The topological polar surface area (TPSA) is 76.0 Å². The van der Waals surface area contributed by atoms with E-state index in [9.17, 15) is 9.90 Å². The summed E-state index contributed by atoms with van der Waals surface area (Å²) in [5.41, 5.74) is -0.906. The fourth-order valence-corrected chi connectivity index (χ4v) is 1.93. The van der Waals surface area contributed by atoms with E-state index in [2.05, 4.69) is 0 Å². The second-order valence-corrected chi connectivity index (χ2v) is 5.52. The number of aliphatic hydroxyl groups excluding tert-OH is 1. The van der Waals surface area contributed by atoms with Crippen LogP contribution in [0.15, 0.2) is 0 Å². The Kier molecular flexibility index (Phi) is 4.52. The molecule has 1 heterocycles. The van der Waals surface area contributed by atoms with Crippen LogP contribution in [-0.2, 0) is 14.3 Å². The van der Waals surface area contributed by atoms with Gasteiger partial charge in [0.2, 0.25) is 0 Å². The summed E-state index contributed by atoms with van der Waals surface area (Å²) in [6, 6.07) is 0. The molecule has 1 rings (SSSR count). The third-order valence-corrected chi connectivity index (χ3v) is 3.41. The van der Waals surface area contributed by atoms with Crippen molar-refractivity contribution in [3.63, 3.8) is 0 Å². The van der Waals surface area contributed by atoms with Gasteiger partial charge >= 0.3 is 5.97 Å². The van der Waals surface area contributed by atoms with Gasteiger partial charge in [-0.25, -0.2) is 0 Å². The molecule has 0 spiro atoms. The second kappa shape index (κ2) is 5.33. The first-order valence-corrected chi connectivity index (χ1v) is 5.91. The highest BCUT2D eigenvalue weighted by Crippen LogP contribution is 2.36. The van der Waals surface area contributed by atoms with Crippen LogP contribution in [0, 0.1) is 10.8 Å². The molecular weight excluding hydrogens is 224 g/mol. The molecule has 0 aromatic carbocycles. The normalized spacial score (nSPS) is 30.2. The molecule has 100 valence electrons. The molecule has 0 unspecified atom stereocenters. The maximum Gasteiger partial charge on any atom is 0.304 e. The first-order valence-electron chi connectivity index (χ1n) is 5.91. The average Bonchev–Trinajstić information content (AvgIpc) is 2.27. The Labute approximate surface area is 102 Å². The summed E-state index contributed by atoms with van der Waals surface area (Å²) in [5, 5.41) is 18.1. The zero-order chi connectivity index (χ0) is 13.1. The van der Waals surface area contributed by atoms with Crippen LogP contribution in [0.1, 0.15) is 33.6 Å². The maximum atomic E-state index is 10.7. The summed E-state index contributed by atoms with van der Waals surface area (Å²) < 4.78 is 11.2. The molecule has 1 aliphatic rings. The summed E-state index contributed by atoms with van der Waals surface area (Å²) in [5.74, 6) is -0.864. The van der Waals surface area contributed by atoms with Crippen molar-refractivity contribution in [2.75, 3.05) is 19.8 Å². The van der Waals surface area contributed by atoms with Crippen LogP contribution < -0.4 is 0 Å². The largest absolute Gasteiger partial charge is 0.481 e. The number of aliphatic hydroxyl groups is 1. The van der Waals surface area contributed by atoms with Crippen molar-refractivity contribution < 1.29 is 24.5 Å². The van der Waals surface area contributed by atoms with Crippen molar-refractivity contribution in [3.8, 4) is 0 Å². The molecule has 0 radical (unpaired) electrons. The SMILES string of the molecule is CCC1(CO)COC(C(C)(C)CC(=O)O)OC1. The highest BCUT2D eigenvalue weighted by Gasteiger charge is 2.42. The van der Waals surface area contributed by atoms with Crippen molar-refractivity contribution in [3.05, 3.63) is 0 Å². The number of carbonyl (C=O) groups is 1. The molecule has 0 bridgehead atoms. The van der Waals surface area contributed by atoms with Crippen LogP contribution in [0.4, 0.5) is 0 Å². The smallest absolute Gasteiger partial charge is 0.304 e. The van der Waals surface area contributed by atoms with Crippen molar-refractivity contribution in [1.29, 1.82) is 0 Å². The summed E-state index contributed by atoms with van der Waals surface area (Å²) in [7, 11) is 0. The summed E-state index contributed by atoms with van der Waals surface area (Å²) in [4.78, 5) is 10.7. The summed E-state index contributed by atoms with van der Waals surface area (Å²) >= 11 is 0. The lowest BCUT2D eigenvalue weighted by molar-refractivity contribution is -0.275. The van der Waals surface area contributed by atoms with Crippen molar-refractivity contribution in [2.24, 2.45) is 10.8 Å². The van der Waals surface area contributed by atoms with Gasteiger partial charge in [-0.1, -0.05) is 20.8 Å². The summed E-state index contributed by atoms with van der Waals surface area (Å²) in [6.45, 7) is 6.44. The third kappa shape index (κ3) is 3.40. The lowest BCUT2D eigenvalue weighted by Crippen LogP contribution is -2.49. The van der Waals surface area contributed by atoms with Crippen molar-refractivity contribution >= 4 is 5.97 Å². The van der Waals surface area contributed by atoms with Gasteiger partial charge in [0.25, 0.3) is 0 Å². The minimum absolute atomic E-state index is 0.00405. The van der Waals surface area contributed by atoms with E-state index in [0.717, 1.165) is 6.42 Å². The molecule has 5 heteroatoms. The van der Waals surface area contributed by atoms with Gasteiger partial charge < -0.3 is 19.7 Å². The Morgan fingerprint density at radius 3 is 2.29 bits per heavy atom. The van der Waals surface area contributed by atoms with Crippen LogP contribution in [0.3, 0.4) is 0 Å². The quantitative estimate of drug-likeness (QED) is 0.763. The number of ether oxygens (including phenoxy) is 2. The van der Waals surface area contributed by atoms with E-state index in [4.69, 9.17) is 14.6 Å². The molecule has 0 atom stereocenters. The standard InChI is InChI=1S/C12H22O5/c1-4-12(6-13)7-16-10(17-8-12)11(2,3)5-9(14)15/h10,13H,4-8H2,1-3H3,(H,14,15). The molecule has 5 nitrogen and oxygen atoms in total. The Balaban J connectivity index is 2.59. The molecule has 1 aliphatic heterocycles. The molecule has 17 heavy (non-hydrogen) atoms. The van der Waals surface area contributed by atoms with Gasteiger partial charge in [-0.15, -0.1) is 0 Å². The molecule has 0 saturated carbocycles. The van der Waals surface area contributed by atoms with Gasteiger partial charge in [-0.3, -0.25) is 4.79 Å². The number of rotatable bonds is 5. The Bertz CT molecular complexity index is 260. The zero-order valence-electron chi connectivity index (χ0n) is 10.7. The predicted octanol–water partition coefficient (Wildman–Crippen LogP) is 1.25. The van der Waals surface area contributed by atoms with Crippen LogP contribution in [-0.4, -0.2) is 42.3 Å². The molecule has 0 aromatic heterocycles. The fourth-order valence-electron chi connectivity index (χ4n) is 1.93. The Morgan fingerprint density at radius 1 is 1.41 bits per heavy atom. The minimum Gasteiger partial charge on any atom is -0.481 e. The first kappa shape index (κ1) is 14.4. The Hall–Kier alpha value is -0.650. The van der Waals surface area contributed by atoms with Crippen LogP contribution >= 0.6 is 0 Å². The second-order valence-electron chi connectivity index (χ2n) is 5.52. The molecule has 1 fully saturated rings. The van der Waals surface area contributed by atoms with E-state index >= 15 is 0 Å². The molecular formula is C12H22O5. The van der Waals surface area contributed by atoms with Gasteiger partial charge in [0.05, 0.1) is 26.2 Å². The molecule has 2 N–H and O–H groups in total. The molecule has 0 aliphatic carbocycles. The van der Waals surface area contributed by atoms with E-state index < -0.39 is 17.7 Å². The lowest BCUT2D eigenvalue weighted by Gasteiger charge is -2.43. The fraction of sp³-hybridized carbons (Fsp3) is 0.917. The number of carboxylic acids is 1. The van der Waals surface area contributed by atoms with Gasteiger partial charge in [-0.2, -0.15) is 0 Å². The number of hydrogen-bond acceptors (Lipinski definition) is 4. The minimum atomic E-state index is -0.864. The van der Waals surface area contributed by atoms with E-state index in [1.165, 1.54) is 0 Å². The van der Waals surface area contributed by atoms with Crippen molar-refractivity contribution in [1.82, 2.24) is 0 Å².